The summed E-state index contributed by atoms with van der Waals surface area (Å²) in [5.74, 6) is 3.38. The van der Waals surface area contributed by atoms with Crippen molar-refractivity contribution in [3.8, 4) is 12.0 Å². The molecule has 0 radical (unpaired) electrons. The highest BCUT2D eigenvalue weighted by molar-refractivity contribution is 5.97. The zero-order valence-corrected chi connectivity index (χ0v) is 8.02. The molecule has 0 bridgehead atoms. The molecule has 0 aromatic heterocycles. The van der Waals surface area contributed by atoms with E-state index in [1.54, 1.807) is 0 Å². The third kappa shape index (κ3) is 3.82. The molecule has 2 N–H and O–H groups in total. The molecular formula is C10H16N2. The van der Waals surface area contributed by atoms with Gasteiger partial charge in [-0.15, -0.1) is 0 Å². The number of amidine groups is 1. The van der Waals surface area contributed by atoms with Crippen LogP contribution in [-0.4, -0.2) is 5.84 Å². The minimum atomic E-state index is 0.543. The lowest BCUT2D eigenvalue weighted by atomic mass is 10.2. The predicted molar refractivity (Wildman–Crippen MR) is 53.7 cm³/mol. The van der Waals surface area contributed by atoms with Gasteiger partial charge in [0.15, 0.2) is 0 Å². The smallest absolute Gasteiger partial charge is 0.136 e. The Bertz CT molecular complexity index is 238. The summed E-state index contributed by atoms with van der Waals surface area (Å²) in [5, 5.41) is 0. The molecule has 0 spiro atoms. The van der Waals surface area contributed by atoms with Crippen LogP contribution in [0.3, 0.4) is 0 Å². The van der Waals surface area contributed by atoms with Crippen LogP contribution in [0.2, 0.25) is 0 Å². The van der Waals surface area contributed by atoms with Crippen LogP contribution in [0.25, 0.3) is 0 Å². The Morgan fingerprint density at radius 2 is 2.17 bits per heavy atom. The number of hydrogen-bond donors (Lipinski definition) is 1. The summed E-state index contributed by atoms with van der Waals surface area (Å²) in [6, 6.07) is 2.66. The fourth-order valence-electron chi connectivity index (χ4n) is 0.784. The van der Waals surface area contributed by atoms with Gasteiger partial charge >= 0.3 is 0 Å². The highest BCUT2D eigenvalue weighted by atomic mass is 14.8. The largest absolute Gasteiger partial charge is 0.383 e. The van der Waals surface area contributed by atoms with E-state index in [0.717, 1.165) is 18.4 Å². The summed E-state index contributed by atoms with van der Waals surface area (Å²) in [6.07, 6.45) is 3.68. The minimum Gasteiger partial charge on any atom is -0.383 e. The number of hydrogen-bond acceptors (Lipinski definition) is 1. The van der Waals surface area contributed by atoms with Crippen LogP contribution in [-0.2, 0) is 0 Å². The highest BCUT2D eigenvalue weighted by Crippen LogP contribution is 1.99. The van der Waals surface area contributed by atoms with Crippen LogP contribution in [0.5, 0.6) is 0 Å². The van der Waals surface area contributed by atoms with Crippen molar-refractivity contribution in [1.29, 1.82) is 0 Å². The standard InChI is InChI=1S/C10H16N2/c1-4-7-8-12-10(11)9(5-2)6-3/h5H,4,6H2,1-3H3,(H2,11,12)/b9-5-. The van der Waals surface area contributed by atoms with E-state index in [2.05, 4.69) is 17.0 Å². The fourth-order valence-corrected chi connectivity index (χ4v) is 0.784. The Labute approximate surface area is 74.6 Å². The molecule has 0 atom stereocenters. The van der Waals surface area contributed by atoms with E-state index in [0.29, 0.717) is 5.84 Å². The van der Waals surface area contributed by atoms with Crippen LogP contribution in [0.1, 0.15) is 33.6 Å². The lowest BCUT2D eigenvalue weighted by Crippen LogP contribution is -2.13. The average Bonchev–Trinajstić information content (AvgIpc) is 2.07. The third-order valence-corrected chi connectivity index (χ3v) is 1.49. The zero-order chi connectivity index (χ0) is 9.40. The van der Waals surface area contributed by atoms with Gasteiger partial charge in [-0.2, -0.15) is 4.99 Å². The van der Waals surface area contributed by atoms with Crippen LogP contribution >= 0.6 is 0 Å². The monoisotopic (exact) mass is 164 g/mol. The molecule has 66 valence electrons. The van der Waals surface area contributed by atoms with Gasteiger partial charge in [-0.25, -0.2) is 0 Å². The van der Waals surface area contributed by atoms with Crippen molar-refractivity contribution in [2.45, 2.75) is 33.6 Å². The molecule has 0 fully saturated rings. The number of allylic oxidation sites excluding steroid dienone is 1. The minimum absolute atomic E-state index is 0.543. The number of nitrogens with two attached hydrogens (primary N) is 1. The summed E-state index contributed by atoms with van der Waals surface area (Å²) in [5.41, 5.74) is 6.71. The first-order valence-corrected chi connectivity index (χ1v) is 4.22. The Morgan fingerprint density at radius 3 is 2.58 bits per heavy atom. The highest BCUT2D eigenvalue weighted by Gasteiger charge is 1.95. The number of nitrogens with zero attached hydrogens (tertiary/aromatic N) is 1. The van der Waals surface area contributed by atoms with E-state index < -0.39 is 0 Å². The van der Waals surface area contributed by atoms with Gasteiger partial charge in [0.05, 0.1) is 0 Å². The van der Waals surface area contributed by atoms with E-state index in [1.165, 1.54) is 0 Å². The molecule has 0 aliphatic carbocycles. The van der Waals surface area contributed by atoms with Crippen molar-refractivity contribution in [3.05, 3.63) is 11.6 Å². The van der Waals surface area contributed by atoms with Gasteiger partial charge in [-0.05, 0) is 18.9 Å². The molecule has 0 aromatic rings. The molecule has 2 nitrogen and oxygen atoms in total. The van der Waals surface area contributed by atoms with Crippen molar-refractivity contribution >= 4 is 5.84 Å². The zero-order valence-electron chi connectivity index (χ0n) is 8.02. The molecule has 0 rings (SSSR count). The van der Waals surface area contributed by atoms with Gasteiger partial charge in [0.25, 0.3) is 0 Å². The molecule has 0 aromatic carbocycles. The van der Waals surface area contributed by atoms with Crippen LogP contribution in [0.4, 0.5) is 0 Å². The van der Waals surface area contributed by atoms with Crippen molar-refractivity contribution < 1.29 is 0 Å². The topological polar surface area (TPSA) is 38.4 Å². The Hall–Kier alpha value is -1.23. The van der Waals surface area contributed by atoms with Gasteiger partial charge in [0.2, 0.25) is 0 Å². The quantitative estimate of drug-likeness (QED) is 0.379. The van der Waals surface area contributed by atoms with Gasteiger partial charge < -0.3 is 5.73 Å². The molecule has 0 aliphatic heterocycles. The maximum Gasteiger partial charge on any atom is 0.136 e. The second-order valence-electron chi connectivity index (χ2n) is 2.31. The van der Waals surface area contributed by atoms with Gasteiger partial charge in [-0.3, -0.25) is 0 Å². The van der Waals surface area contributed by atoms with E-state index in [1.807, 2.05) is 26.8 Å². The second kappa shape index (κ2) is 6.48. The summed E-state index contributed by atoms with van der Waals surface area (Å²) >= 11 is 0. The molecule has 0 amide bonds. The van der Waals surface area contributed by atoms with Crippen molar-refractivity contribution in [1.82, 2.24) is 0 Å². The fraction of sp³-hybridized carbons (Fsp3) is 0.500. The summed E-state index contributed by atoms with van der Waals surface area (Å²) < 4.78 is 0. The van der Waals surface area contributed by atoms with E-state index in [4.69, 9.17) is 5.73 Å². The van der Waals surface area contributed by atoms with Crippen molar-refractivity contribution in [3.63, 3.8) is 0 Å². The first-order valence-electron chi connectivity index (χ1n) is 4.22. The summed E-state index contributed by atoms with van der Waals surface area (Å²) in [7, 11) is 0. The van der Waals surface area contributed by atoms with Crippen molar-refractivity contribution in [2.75, 3.05) is 0 Å². The SMILES string of the molecule is C/C=C(/CC)C(N)=NC#CCC. The molecule has 2 heteroatoms. The lowest BCUT2D eigenvalue weighted by molar-refractivity contribution is 1.15. The van der Waals surface area contributed by atoms with E-state index in [9.17, 15) is 0 Å². The molecule has 0 heterocycles. The van der Waals surface area contributed by atoms with Gasteiger partial charge in [-0.1, -0.05) is 25.8 Å². The molecule has 0 unspecified atom stereocenters. The molecular weight excluding hydrogens is 148 g/mol. The first-order chi connectivity index (χ1) is 5.76. The lowest BCUT2D eigenvalue weighted by Gasteiger charge is -1.98. The summed E-state index contributed by atoms with van der Waals surface area (Å²) in [4.78, 5) is 3.92. The molecule has 0 saturated heterocycles. The third-order valence-electron chi connectivity index (χ3n) is 1.49. The summed E-state index contributed by atoms with van der Waals surface area (Å²) in [6.45, 7) is 5.98. The Morgan fingerprint density at radius 1 is 1.50 bits per heavy atom. The van der Waals surface area contributed by atoms with Gasteiger partial charge in [0.1, 0.15) is 5.84 Å². The Balaban J connectivity index is 4.35. The predicted octanol–water partition coefficient (Wildman–Crippen LogP) is 2.07. The molecule has 0 aliphatic rings. The first kappa shape index (κ1) is 10.8. The van der Waals surface area contributed by atoms with Crippen LogP contribution < -0.4 is 5.73 Å². The van der Waals surface area contributed by atoms with E-state index >= 15 is 0 Å². The Kier molecular flexibility index (Phi) is 5.81. The van der Waals surface area contributed by atoms with Crippen LogP contribution in [0.15, 0.2) is 16.6 Å². The molecule has 0 saturated carbocycles. The number of rotatable bonds is 2. The number of aliphatic imine (C=N–C) groups is 1. The average molecular weight is 164 g/mol. The second-order valence-corrected chi connectivity index (χ2v) is 2.31. The van der Waals surface area contributed by atoms with Gasteiger partial charge in [0, 0.05) is 12.5 Å². The van der Waals surface area contributed by atoms with Crippen molar-refractivity contribution in [2.24, 2.45) is 10.7 Å². The van der Waals surface area contributed by atoms with E-state index in [-0.39, 0.29) is 0 Å². The maximum atomic E-state index is 5.66. The van der Waals surface area contributed by atoms with Crippen LogP contribution in [0, 0.1) is 12.0 Å². The molecule has 12 heavy (non-hydrogen) atoms. The maximum absolute atomic E-state index is 5.66. The normalized spacial score (nSPS) is 12.2.